The summed E-state index contributed by atoms with van der Waals surface area (Å²) in [5, 5.41) is 21.9. The molecule has 0 aliphatic rings. The van der Waals surface area contributed by atoms with Gasteiger partial charge in [-0.15, -0.1) is 0 Å². The van der Waals surface area contributed by atoms with Gasteiger partial charge >= 0.3 is 0 Å². The molecule has 0 aliphatic carbocycles. The van der Waals surface area contributed by atoms with Crippen molar-refractivity contribution in [1.82, 2.24) is 0 Å². The molecular weight excluding hydrogens is 280 g/mol. The lowest BCUT2D eigenvalue weighted by atomic mass is 10.2. The number of benzene rings is 1. The Balaban J connectivity index is 2.27. The number of hydrogen-bond acceptors (Lipinski definition) is 5. The highest BCUT2D eigenvalue weighted by atomic mass is 35.5. The van der Waals surface area contributed by atoms with Gasteiger partial charge in [-0.1, -0.05) is 11.6 Å². The molecule has 1 aromatic carbocycles. The lowest BCUT2D eigenvalue weighted by Gasteiger charge is -2.14. The molecule has 0 amide bonds. The van der Waals surface area contributed by atoms with E-state index in [0.717, 1.165) is 0 Å². The van der Waals surface area contributed by atoms with E-state index in [1.165, 1.54) is 0 Å². The molecule has 0 aromatic heterocycles. The number of hydrogen-bond donors (Lipinski definition) is 2. The molecule has 20 heavy (non-hydrogen) atoms. The predicted molar refractivity (Wildman–Crippen MR) is 78.0 cm³/mol. The van der Waals surface area contributed by atoms with Crippen molar-refractivity contribution in [1.29, 1.82) is 5.26 Å². The van der Waals surface area contributed by atoms with E-state index < -0.39 is 6.10 Å². The number of aliphatic hydroxyl groups is 1. The SMILES string of the molecule is CCOCCOCC(O)CNc1ccc(C#N)cc1Cl. The number of nitrogens with one attached hydrogen (secondary N) is 1. The molecule has 1 unspecified atom stereocenters. The van der Waals surface area contributed by atoms with Crippen molar-refractivity contribution in [2.45, 2.75) is 13.0 Å². The summed E-state index contributed by atoms with van der Waals surface area (Å²) >= 11 is 6.01. The van der Waals surface area contributed by atoms with Crippen LogP contribution in [0.1, 0.15) is 12.5 Å². The summed E-state index contributed by atoms with van der Waals surface area (Å²) in [6.45, 7) is 4.11. The molecule has 0 radical (unpaired) electrons. The van der Waals surface area contributed by atoms with Gasteiger partial charge < -0.3 is 19.9 Å². The minimum atomic E-state index is -0.636. The zero-order valence-electron chi connectivity index (χ0n) is 11.4. The highest BCUT2D eigenvalue weighted by Crippen LogP contribution is 2.22. The first-order valence-electron chi connectivity index (χ1n) is 6.44. The van der Waals surface area contributed by atoms with Gasteiger partial charge in [0.15, 0.2) is 0 Å². The van der Waals surface area contributed by atoms with Gasteiger partial charge in [-0.05, 0) is 25.1 Å². The zero-order chi connectivity index (χ0) is 14.8. The van der Waals surface area contributed by atoms with Gasteiger partial charge in [0.1, 0.15) is 0 Å². The Bertz CT molecular complexity index is 449. The Morgan fingerprint density at radius 2 is 2.15 bits per heavy atom. The first-order valence-corrected chi connectivity index (χ1v) is 6.82. The van der Waals surface area contributed by atoms with Gasteiger partial charge in [-0.25, -0.2) is 0 Å². The van der Waals surface area contributed by atoms with Crippen LogP contribution in [0.4, 0.5) is 5.69 Å². The van der Waals surface area contributed by atoms with Crippen molar-refractivity contribution in [3.05, 3.63) is 28.8 Å². The summed E-state index contributed by atoms with van der Waals surface area (Å²) < 4.78 is 10.4. The molecule has 6 heteroatoms. The maximum absolute atomic E-state index is 9.73. The van der Waals surface area contributed by atoms with E-state index in [4.69, 9.17) is 26.3 Å². The maximum atomic E-state index is 9.73. The quantitative estimate of drug-likeness (QED) is 0.682. The fourth-order valence-electron chi connectivity index (χ4n) is 1.50. The third-order valence-electron chi connectivity index (χ3n) is 2.51. The smallest absolute Gasteiger partial charge is 0.0992 e. The molecule has 0 aliphatic heterocycles. The second kappa shape index (κ2) is 9.56. The molecule has 1 atom stereocenters. The van der Waals surface area contributed by atoms with Crippen LogP contribution in [-0.4, -0.2) is 44.2 Å². The summed E-state index contributed by atoms with van der Waals surface area (Å²) in [6.07, 6.45) is -0.636. The standard InChI is InChI=1S/C14H19ClN2O3/c1-2-19-5-6-20-10-12(18)9-17-14-4-3-11(8-16)7-13(14)15/h3-4,7,12,17-18H,2,5-6,9-10H2,1H3. The minimum Gasteiger partial charge on any atom is -0.389 e. The van der Waals surface area contributed by atoms with E-state index in [-0.39, 0.29) is 6.61 Å². The van der Waals surface area contributed by atoms with Gasteiger partial charge in [0.05, 0.1) is 48.3 Å². The number of anilines is 1. The number of rotatable bonds is 9. The average molecular weight is 299 g/mol. The molecule has 0 fully saturated rings. The van der Waals surface area contributed by atoms with Gasteiger partial charge in [0.2, 0.25) is 0 Å². The maximum Gasteiger partial charge on any atom is 0.0992 e. The largest absolute Gasteiger partial charge is 0.389 e. The minimum absolute atomic E-state index is 0.230. The summed E-state index contributed by atoms with van der Waals surface area (Å²) in [4.78, 5) is 0. The molecule has 5 nitrogen and oxygen atoms in total. The first-order chi connectivity index (χ1) is 9.67. The van der Waals surface area contributed by atoms with Gasteiger partial charge in [0, 0.05) is 13.2 Å². The van der Waals surface area contributed by atoms with E-state index in [9.17, 15) is 5.11 Å². The number of aliphatic hydroxyl groups excluding tert-OH is 1. The lowest BCUT2D eigenvalue weighted by Crippen LogP contribution is -2.25. The second-order valence-corrected chi connectivity index (χ2v) is 4.52. The number of ether oxygens (including phenoxy) is 2. The van der Waals surface area contributed by atoms with Crippen LogP contribution in [0.2, 0.25) is 5.02 Å². The molecule has 0 heterocycles. The van der Waals surface area contributed by atoms with Crippen LogP contribution in [0.5, 0.6) is 0 Å². The van der Waals surface area contributed by atoms with E-state index in [1.807, 2.05) is 13.0 Å². The predicted octanol–water partition coefficient (Wildman–Crippen LogP) is 2.04. The molecule has 0 bridgehead atoms. The van der Waals surface area contributed by atoms with Crippen molar-refractivity contribution >= 4 is 17.3 Å². The van der Waals surface area contributed by atoms with Crippen LogP contribution >= 0.6 is 11.6 Å². The van der Waals surface area contributed by atoms with E-state index in [1.54, 1.807) is 18.2 Å². The fourth-order valence-corrected chi connectivity index (χ4v) is 1.74. The van der Waals surface area contributed by atoms with Gasteiger partial charge in [-0.2, -0.15) is 5.26 Å². The number of halogens is 1. The van der Waals surface area contributed by atoms with Crippen molar-refractivity contribution in [3.8, 4) is 6.07 Å². The highest BCUT2D eigenvalue weighted by Gasteiger charge is 2.06. The Hall–Kier alpha value is -1.32. The Morgan fingerprint density at radius 3 is 2.80 bits per heavy atom. The third kappa shape index (κ3) is 6.22. The summed E-state index contributed by atoms with van der Waals surface area (Å²) in [5.74, 6) is 0. The summed E-state index contributed by atoms with van der Waals surface area (Å²) in [5.41, 5.74) is 1.18. The Kier molecular flexibility index (Phi) is 8.00. The molecule has 0 saturated carbocycles. The zero-order valence-corrected chi connectivity index (χ0v) is 12.2. The van der Waals surface area contributed by atoms with Crippen molar-refractivity contribution in [2.24, 2.45) is 0 Å². The number of nitriles is 1. The average Bonchev–Trinajstić information content (AvgIpc) is 2.45. The fraction of sp³-hybridized carbons (Fsp3) is 0.500. The van der Waals surface area contributed by atoms with Crippen LogP contribution in [-0.2, 0) is 9.47 Å². The van der Waals surface area contributed by atoms with Crippen LogP contribution in [0.15, 0.2) is 18.2 Å². The van der Waals surface area contributed by atoms with Gasteiger partial charge in [0.25, 0.3) is 0 Å². The molecule has 1 aromatic rings. The van der Waals surface area contributed by atoms with E-state index in [2.05, 4.69) is 5.32 Å². The topological polar surface area (TPSA) is 74.5 Å². The monoisotopic (exact) mass is 298 g/mol. The van der Waals surface area contributed by atoms with Crippen LogP contribution in [0.3, 0.4) is 0 Å². The van der Waals surface area contributed by atoms with Crippen molar-refractivity contribution in [2.75, 3.05) is 38.3 Å². The van der Waals surface area contributed by atoms with Crippen LogP contribution < -0.4 is 5.32 Å². The molecule has 0 spiro atoms. The normalized spacial score (nSPS) is 11.9. The van der Waals surface area contributed by atoms with Crippen LogP contribution in [0, 0.1) is 11.3 Å². The molecule has 1 rings (SSSR count). The van der Waals surface area contributed by atoms with E-state index >= 15 is 0 Å². The molecule has 2 N–H and O–H groups in total. The Labute approximate surface area is 124 Å². The third-order valence-corrected chi connectivity index (χ3v) is 2.83. The summed E-state index contributed by atoms with van der Waals surface area (Å²) in [7, 11) is 0. The first kappa shape index (κ1) is 16.7. The summed E-state index contributed by atoms with van der Waals surface area (Å²) in [6, 6.07) is 6.97. The van der Waals surface area contributed by atoms with E-state index in [0.29, 0.717) is 42.6 Å². The molecule has 0 saturated heterocycles. The lowest BCUT2D eigenvalue weighted by molar-refractivity contribution is 0.0103. The Morgan fingerprint density at radius 1 is 1.40 bits per heavy atom. The van der Waals surface area contributed by atoms with Gasteiger partial charge in [-0.3, -0.25) is 0 Å². The van der Waals surface area contributed by atoms with Crippen molar-refractivity contribution < 1.29 is 14.6 Å². The molecular formula is C14H19ClN2O3. The molecule has 110 valence electrons. The highest BCUT2D eigenvalue weighted by molar-refractivity contribution is 6.33. The van der Waals surface area contributed by atoms with Crippen LogP contribution in [0.25, 0.3) is 0 Å². The second-order valence-electron chi connectivity index (χ2n) is 4.11. The van der Waals surface area contributed by atoms with Crippen molar-refractivity contribution in [3.63, 3.8) is 0 Å². The number of nitrogens with zero attached hydrogens (tertiary/aromatic N) is 1.